The van der Waals surface area contributed by atoms with Gasteiger partial charge < -0.3 is 28.8 Å². The molecule has 0 amide bonds. The van der Waals surface area contributed by atoms with Crippen molar-refractivity contribution >= 4 is 23.9 Å². The van der Waals surface area contributed by atoms with Crippen LogP contribution in [0.3, 0.4) is 0 Å². The van der Waals surface area contributed by atoms with Crippen LogP contribution in [0, 0.1) is 0 Å². The maximum absolute atomic E-state index is 12.1. The molecule has 30 heavy (non-hydrogen) atoms. The van der Waals surface area contributed by atoms with Crippen molar-refractivity contribution < 1.29 is 48.0 Å². The van der Waals surface area contributed by atoms with Gasteiger partial charge in [-0.25, -0.2) is 0 Å². The molecular weight excluding hydrogens is 400 g/mol. The van der Waals surface area contributed by atoms with E-state index in [2.05, 4.69) is 0 Å². The van der Waals surface area contributed by atoms with Gasteiger partial charge >= 0.3 is 23.9 Å². The number of aliphatic hydroxyl groups excluding tert-OH is 1. The van der Waals surface area contributed by atoms with E-state index in [1.165, 1.54) is 0 Å². The first kappa shape index (κ1) is 25.8. The lowest BCUT2D eigenvalue weighted by atomic mass is 9.99. The van der Waals surface area contributed by atoms with Crippen molar-refractivity contribution in [3.8, 4) is 0 Å². The second-order valence-electron chi connectivity index (χ2n) is 6.71. The highest BCUT2D eigenvalue weighted by Gasteiger charge is 2.63. The molecule has 0 spiro atoms. The lowest BCUT2D eigenvalue weighted by molar-refractivity contribution is -0.262. The predicted octanol–water partition coefficient (Wildman–Crippen LogP) is 1.40. The lowest BCUT2D eigenvalue weighted by Gasteiger charge is -2.33. The third kappa shape index (κ3) is 6.15. The number of ether oxygens (including phenoxy) is 5. The number of hydrogen-bond donors (Lipinski definition) is 1. The van der Waals surface area contributed by atoms with E-state index in [4.69, 9.17) is 23.7 Å². The zero-order chi connectivity index (χ0) is 22.9. The number of esters is 4. The Labute approximate surface area is 176 Å². The Morgan fingerprint density at radius 2 is 1.40 bits per heavy atom. The molecule has 0 aromatic carbocycles. The van der Waals surface area contributed by atoms with Gasteiger partial charge in [0.15, 0.2) is 12.2 Å². The van der Waals surface area contributed by atoms with E-state index >= 15 is 0 Å². The molecule has 0 saturated carbocycles. The second kappa shape index (κ2) is 11.8. The van der Waals surface area contributed by atoms with E-state index in [0.717, 1.165) is 0 Å². The van der Waals surface area contributed by atoms with Gasteiger partial charge in [-0.05, 0) is 0 Å². The second-order valence-corrected chi connectivity index (χ2v) is 6.71. The molecule has 1 heterocycles. The van der Waals surface area contributed by atoms with Crippen LogP contribution in [0.5, 0.6) is 0 Å². The quantitative estimate of drug-likeness (QED) is 0.377. The molecular formula is C20H32O10. The van der Waals surface area contributed by atoms with Gasteiger partial charge in [-0.3, -0.25) is 19.2 Å². The fraction of sp³-hybridized carbons (Fsp3) is 0.800. The summed E-state index contributed by atoms with van der Waals surface area (Å²) >= 11 is 0. The average molecular weight is 432 g/mol. The van der Waals surface area contributed by atoms with Crippen molar-refractivity contribution in [3.05, 3.63) is 0 Å². The zero-order valence-electron chi connectivity index (χ0n) is 18.2. The molecule has 0 radical (unpaired) electrons. The first-order valence-corrected chi connectivity index (χ1v) is 10.3. The minimum absolute atomic E-state index is 0.0179. The standard InChI is InChI=1S/C20H32O10/c1-6-13(22)26-12(11-21)17-18(27-14(23)7-2)19(28-15(24)8-3)20(10-5,30-17)29-16(25)9-4/h12,17-19,21H,6-11H2,1-5H3/t12-,17-,18+,19-,20?/m1/s1. The van der Waals surface area contributed by atoms with Gasteiger partial charge in [-0.2, -0.15) is 0 Å². The predicted molar refractivity (Wildman–Crippen MR) is 102 cm³/mol. The van der Waals surface area contributed by atoms with E-state index in [1.54, 1.807) is 34.6 Å². The Morgan fingerprint density at radius 1 is 0.867 bits per heavy atom. The van der Waals surface area contributed by atoms with Crippen molar-refractivity contribution in [1.29, 1.82) is 0 Å². The average Bonchev–Trinajstić information content (AvgIpc) is 3.04. The van der Waals surface area contributed by atoms with E-state index in [0.29, 0.717) is 0 Å². The Bertz CT molecular complexity index is 619. The molecule has 1 saturated heterocycles. The molecule has 0 aromatic heterocycles. The molecule has 1 N–H and O–H groups in total. The molecule has 1 unspecified atom stereocenters. The van der Waals surface area contributed by atoms with E-state index in [-0.39, 0.29) is 32.1 Å². The van der Waals surface area contributed by atoms with Crippen LogP contribution in [0.25, 0.3) is 0 Å². The third-order valence-corrected chi connectivity index (χ3v) is 4.68. The molecule has 1 aliphatic rings. The van der Waals surface area contributed by atoms with Crippen LogP contribution in [-0.4, -0.2) is 65.8 Å². The van der Waals surface area contributed by atoms with Gasteiger partial charge in [0.2, 0.25) is 6.10 Å². The van der Waals surface area contributed by atoms with Crippen LogP contribution in [0.15, 0.2) is 0 Å². The summed E-state index contributed by atoms with van der Waals surface area (Å²) in [4.78, 5) is 48.1. The van der Waals surface area contributed by atoms with Gasteiger partial charge in [0, 0.05) is 32.1 Å². The fourth-order valence-corrected chi connectivity index (χ4v) is 2.98. The van der Waals surface area contributed by atoms with Gasteiger partial charge in [0.1, 0.15) is 6.10 Å². The molecule has 0 aliphatic carbocycles. The Morgan fingerprint density at radius 3 is 1.87 bits per heavy atom. The molecule has 0 aromatic rings. The smallest absolute Gasteiger partial charge is 0.308 e. The maximum atomic E-state index is 12.1. The SMILES string of the molecule is CCC(=O)O[C@H]1[C@@H]([C@@H](CO)OC(=O)CC)OC(CC)(OC(=O)CC)[C@@H]1OC(=O)CC. The molecule has 1 fully saturated rings. The van der Waals surface area contributed by atoms with Gasteiger partial charge in [-0.1, -0.05) is 34.6 Å². The van der Waals surface area contributed by atoms with Crippen LogP contribution in [0.1, 0.15) is 66.7 Å². The van der Waals surface area contributed by atoms with Crippen molar-refractivity contribution in [1.82, 2.24) is 0 Å². The van der Waals surface area contributed by atoms with Gasteiger partial charge in [0.05, 0.1) is 6.61 Å². The minimum Gasteiger partial charge on any atom is -0.457 e. The van der Waals surface area contributed by atoms with Crippen LogP contribution in [-0.2, 0) is 42.9 Å². The van der Waals surface area contributed by atoms with Crippen LogP contribution in [0.2, 0.25) is 0 Å². The van der Waals surface area contributed by atoms with Crippen LogP contribution < -0.4 is 0 Å². The molecule has 10 nitrogen and oxygen atoms in total. The van der Waals surface area contributed by atoms with Crippen molar-refractivity contribution in [3.63, 3.8) is 0 Å². The number of rotatable bonds is 11. The highest BCUT2D eigenvalue weighted by molar-refractivity contribution is 5.72. The highest BCUT2D eigenvalue weighted by atomic mass is 16.8. The zero-order valence-corrected chi connectivity index (χ0v) is 18.2. The summed E-state index contributed by atoms with van der Waals surface area (Å²) in [6, 6.07) is 0. The molecule has 10 heteroatoms. The number of carbonyl (C=O) groups is 4. The largest absolute Gasteiger partial charge is 0.457 e. The normalized spacial score (nSPS) is 26.5. The first-order chi connectivity index (χ1) is 14.2. The summed E-state index contributed by atoms with van der Waals surface area (Å²) < 4.78 is 27.6. The number of aliphatic hydroxyl groups is 1. The van der Waals surface area contributed by atoms with E-state index < -0.39 is 60.7 Å². The monoisotopic (exact) mass is 432 g/mol. The number of carbonyl (C=O) groups excluding carboxylic acids is 4. The highest BCUT2D eigenvalue weighted by Crippen LogP contribution is 2.41. The lowest BCUT2D eigenvalue weighted by Crippen LogP contribution is -2.50. The van der Waals surface area contributed by atoms with E-state index in [1.807, 2.05) is 0 Å². The van der Waals surface area contributed by atoms with Crippen LogP contribution in [0.4, 0.5) is 0 Å². The van der Waals surface area contributed by atoms with Crippen molar-refractivity contribution in [2.75, 3.05) is 6.61 Å². The number of hydrogen-bond acceptors (Lipinski definition) is 10. The Kier molecular flexibility index (Phi) is 10.2. The molecule has 5 atom stereocenters. The maximum Gasteiger partial charge on any atom is 0.308 e. The van der Waals surface area contributed by atoms with Crippen molar-refractivity contribution in [2.45, 2.75) is 96.9 Å². The van der Waals surface area contributed by atoms with Gasteiger partial charge in [0.25, 0.3) is 5.79 Å². The Hall–Kier alpha value is -2.20. The topological polar surface area (TPSA) is 135 Å². The fourth-order valence-electron chi connectivity index (χ4n) is 2.98. The third-order valence-electron chi connectivity index (χ3n) is 4.68. The molecule has 172 valence electrons. The molecule has 1 rings (SSSR count). The van der Waals surface area contributed by atoms with E-state index in [9.17, 15) is 24.3 Å². The summed E-state index contributed by atoms with van der Waals surface area (Å²) in [5, 5.41) is 9.81. The van der Waals surface area contributed by atoms with Crippen LogP contribution >= 0.6 is 0 Å². The summed E-state index contributed by atoms with van der Waals surface area (Å²) in [6.45, 7) is 7.31. The Balaban J connectivity index is 3.45. The minimum atomic E-state index is -1.77. The van der Waals surface area contributed by atoms with Gasteiger partial charge in [-0.15, -0.1) is 0 Å². The summed E-state index contributed by atoms with van der Waals surface area (Å²) in [7, 11) is 0. The summed E-state index contributed by atoms with van der Waals surface area (Å²) in [5.74, 6) is -4.26. The molecule has 0 bridgehead atoms. The first-order valence-electron chi connectivity index (χ1n) is 10.3. The summed E-state index contributed by atoms with van der Waals surface area (Å²) in [5.41, 5.74) is 0. The summed E-state index contributed by atoms with van der Waals surface area (Å²) in [6.07, 6.45) is -4.87. The molecule has 1 aliphatic heterocycles. The van der Waals surface area contributed by atoms with Crippen molar-refractivity contribution in [2.24, 2.45) is 0 Å².